The first-order chi connectivity index (χ1) is 15.4. The molecular formula is C22H19F3N6O. The van der Waals surface area contributed by atoms with Crippen molar-refractivity contribution in [2.45, 2.75) is 38.3 Å². The molecule has 0 amide bonds. The zero-order valence-electron chi connectivity index (χ0n) is 17.0. The van der Waals surface area contributed by atoms with Gasteiger partial charge in [0.05, 0.1) is 11.6 Å². The maximum Gasteiger partial charge on any atom is 0.266 e. The number of halogens is 3. The number of alkyl halides is 2. The smallest absolute Gasteiger partial charge is 0.266 e. The van der Waals surface area contributed by atoms with Crippen LogP contribution in [0.15, 0.2) is 53.7 Å². The summed E-state index contributed by atoms with van der Waals surface area (Å²) in [6.07, 6.45) is 3.92. The highest BCUT2D eigenvalue weighted by atomic mass is 19.3. The van der Waals surface area contributed by atoms with Gasteiger partial charge in [-0.25, -0.2) is 17.9 Å². The predicted octanol–water partition coefficient (Wildman–Crippen LogP) is 4.56. The highest BCUT2D eigenvalue weighted by molar-refractivity contribution is 5.95. The fourth-order valence-corrected chi connectivity index (χ4v) is 3.79. The number of hydrogen-bond donors (Lipinski definition) is 1. The van der Waals surface area contributed by atoms with Crippen molar-refractivity contribution >= 4 is 16.6 Å². The van der Waals surface area contributed by atoms with E-state index in [1.807, 2.05) is 0 Å². The Balaban J connectivity index is 1.61. The van der Waals surface area contributed by atoms with Gasteiger partial charge in [0.1, 0.15) is 5.82 Å². The lowest BCUT2D eigenvalue weighted by Gasteiger charge is -2.19. The van der Waals surface area contributed by atoms with E-state index in [1.54, 1.807) is 36.1 Å². The summed E-state index contributed by atoms with van der Waals surface area (Å²) in [6.45, 7) is 1.65. The third kappa shape index (κ3) is 3.51. The average Bonchev–Trinajstić information content (AvgIpc) is 3.47. The van der Waals surface area contributed by atoms with Crippen LogP contribution in [0, 0.1) is 5.82 Å². The van der Waals surface area contributed by atoms with Crippen molar-refractivity contribution in [3.8, 4) is 5.82 Å². The summed E-state index contributed by atoms with van der Waals surface area (Å²) in [7, 11) is 0. The number of nitrogens with one attached hydrogen (secondary N) is 1. The van der Waals surface area contributed by atoms with Crippen LogP contribution < -0.4 is 10.9 Å². The zero-order valence-corrected chi connectivity index (χ0v) is 17.0. The standard InChI is InChI=1S/C22H19F3N6O/c1-12(14-4-2-5-15(19(14)23)20(24)25)27-21-17-11-30(13-6-7-13)18(32)10-16(17)22(29-28-21)31-9-3-8-26-31/h2-5,8-13,20H,6-7H2,1H3,(H,27,28)/t12-/m1/s1. The van der Waals surface area contributed by atoms with Crippen molar-refractivity contribution in [3.63, 3.8) is 0 Å². The average molecular weight is 440 g/mol. The predicted molar refractivity (Wildman–Crippen MR) is 113 cm³/mol. The van der Waals surface area contributed by atoms with E-state index >= 15 is 0 Å². The third-order valence-electron chi connectivity index (χ3n) is 5.60. The monoisotopic (exact) mass is 440 g/mol. The fraction of sp³-hybridized carbons (Fsp3) is 0.273. The molecular weight excluding hydrogens is 421 g/mol. The van der Waals surface area contributed by atoms with E-state index in [0.29, 0.717) is 22.4 Å². The van der Waals surface area contributed by atoms with Gasteiger partial charge >= 0.3 is 0 Å². The number of pyridine rings is 1. The Morgan fingerprint density at radius 3 is 2.59 bits per heavy atom. The maximum absolute atomic E-state index is 14.7. The van der Waals surface area contributed by atoms with Crippen LogP contribution in [0.3, 0.4) is 0 Å². The van der Waals surface area contributed by atoms with E-state index in [1.165, 1.54) is 22.9 Å². The van der Waals surface area contributed by atoms with Gasteiger partial charge in [0.25, 0.3) is 12.0 Å². The lowest BCUT2D eigenvalue weighted by atomic mass is 10.0. The van der Waals surface area contributed by atoms with Crippen LogP contribution >= 0.6 is 0 Å². The summed E-state index contributed by atoms with van der Waals surface area (Å²) in [4.78, 5) is 12.7. The minimum atomic E-state index is -2.91. The number of hydrogen-bond acceptors (Lipinski definition) is 5. The molecule has 0 saturated heterocycles. The number of anilines is 1. The zero-order chi connectivity index (χ0) is 22.4. The molecule has 1 saturated carbocycles. The Morgan fingerprint density at radius 1 is 1.12 bits per heavy atom. The quantitative estimate of drug-likeness (QED) is 0.476. The summed E-state index contributed by atoms with van der Waals surface area (Å²) in [5.74, 6) is -0.253. The number of fused-ring (bicyclic) bond motifs is 1. The summed E-state index contributed by atoms with van der Waals surface area (Å²) in [5.41, 5.74) is -0.718. The lowest BCUT2D eigenvalue weighted by molar-refractivity contribution is 0.146. The molecule has 10 heteroatoms. The Kier molecular flexibility index (Phi) is 4.91. The van der Waals surface area contributed by atoms with Gasteiger partial charge in [-0.2, -0.15) is 5.10 Å². The highest BCUT2D eigenvalue weighted by Crippen LogP contribution is 2.36. The van der Waals surface area contributed by atoms with Crippen LogP contribution in [0.25, 0.3) is 16.6 Å². The van der Waals surface area contributed by atoms with E-state index in [9.17, 15) is 18.0 Å². The normalized spacial score (nSPS) is 14.8. The largest absolute Gasteiger partial charge is 0.361 e. The van der Waals surface area contributed by atoms with Crippen LogP contribution in [-0.4, -0.2) is 24.5 Å². The Bertz CT molecular complexity index is 1350. The van der Waals surface area contributed by atoms with Crippen molar-refractivity contribution in [2.75, 3.05) is 5.32 Å². The van der Waals surface area contributed by atoms with Crippen LogP contribution in [0.2, 0.25) is 0 Å². The molecule has 0 aliphatic heterocycles. The number of aromatic nitrogens is 5. The molecule has 4 aromatic rings. The van der Waals surface area contributed by atoms with Gasteiger partial charge in [-0.1, -0.05) is 18.2 Å². The number of nitrogens with zero attached hydrogens (tertiary/aromatic N) is 5. The molecule has 1 aliphatic carbocycles. The SMILES string of the molecule is C[C@@H](Nc1nnc(-n2cccn2)c2cc(=O)n(C3CC3)cc12)c1cccc(C(F)F)c1F. The Hall–Kier alpha value is -3.69. The first-order valence-corrected chi connectivity index (χ1v) is 10.2. The molecule has 3 heterocycles. The van der Waals surface area contributed by atoms with Crippen LogP contribution in [-0.2, 0) is 0 Å². The topological polar surface area (TPSA) is 77.6 Å². The molecule has 32 heavy (non-hydrogen) atoms. The van der Waals surface area contributed by atoms with Gasteiger partial charge in [-0.15, -0.1) is 10.2 Å². The Morgan fingerprint density at radius 2 is 1.91 bits per heavy atom. The summed E-state index contributed by atoms with van der Waals surface area (Å²) < 4.78 is 44.1. The van der Waals surface area contributed by atoms with Crippen molar-refractivity contribution in [3.05, 3.63) is 76.2 Å². The molecule has 0 unspecified atom stereocenters. The number of benzene rings is 1. The van der Waals surface area contributed by atoms with Gasteiger partial charge in [0, 0.05) is 47.0 Å². The molecule has 3 aromatic heterocycles. The fourth-order valence-electron chi connectivity index (χ4n) is 3.79. The second kappa shape index (κ2) is 7.77. The second-order valence-electron chi connectivity index (χ2n) is 7.82. The van der Waals surface area contributed by atoms with Gasteiger partial charge in [-0.05, 0) is 25.8 Å². The molecule has 1 fully saturated rings. The number of rotatable bonds is 6. The molecule has 0 bridgehead atoms. The molecule has 164 valence electrons. The van der Waals surface area contributed by atoms with Gasteiger partial charge in [0.2, 0.25) is 0 Å². The van der Waals surface area contributed by atoms with E-state index in [0.717, 1.165) is 18.9 Å². The highest BCUT2D eigenvalue weighted by Gasteiger charge is 2.26. The van der Waals surface area contributed by atoms with Crippen molar-refractivity contribution in [2.24, 2.45) is 0 Å². The minimum absolute atomic E-state index is 0.0874. The summed E-state index contributed by atoms with van der Waals surface area (Å²) >= 11 is 0. The molecule has 1 aliphatic rings. The molecule has 0 spiro atoms. The second-order valence-corrected chi connectivity index (χ2v) is 7.82. The summed E-state index contributed by atoms with van der Waals surface area (Å²) in [5, 5.41) is 16.9. The van der Waals surface area contributed by atoms with Crippen molar-refractivity contribution in [1.29, 1.82) is 0 Å². The van der Waals surface area contributed by atoms with Crippen LogP contribution in [0.1, 0.15) is 49.4 Å². The molecule has 0 radical (unpaired) electrons. The molecule has 7 nitrogen and oxygen atoms in total. The van der Waals surface area contributed by atoms with E-state index < -0.39 is 23.8 Å². The lowest BCUT2D eigenvalue weighted by Crippen LogP contribution is -2.19. The first kappa shape index (κ1) is 20.2. The first-order valence-electron chi connectivity index (χ1n) is 10.2. The summed E-state index contributed by atoms with van der Waals surface area (Å²) in [6, 6.07) is 6.60. The molecule has 1 aromatic carbocycles. The molecule has 1 atom stereocenters. The third-order valence-corrected chi connectivity index (χ3v) is 5.60. The maximum atomic E-state index is 14.7. The van der Waals surface area contributed by atoms with Crippen LogP contribution in [0.5, 0.6) is 0 Å². The van der Waals surface area contributed by atoms with Gasteiger partial charge in [0.15, 0.2) is 11.6 Å². The van der Waals surface area contributed by atoms with E-state index in [-0.39, 0.29) is 17.2 Å². The van der Waals surface area contributed by atoms with E-state index in [4.69, 9.17) is 0 Å². The van der Waals surface area contributed by atoms with Crippen molar-refractivity contribution < 1.29 is 13.2 Å². The van der Waals surface area contributed by atoms with Crippen LogP contribution in [0.4, 0.5) is 19.0 Å². The molecule has 5 rings (SSSR count). The minimum Gasteiger partial charge on any atom is -0.361 e. The van der Waals surface area contributed by atoms with Crippen molar-refractivity contribution in [1.82, 2.24) is 24.5 Å². The Labute approximate surface area is 180 Å². The molecule has 1 N–H and O–H groups in total. The van der Waals surface area contributed by atoms with Gasteiger partial charge < -0.3 is 9.88 Å². The van der Waals surface area contributed by atoms with E-state index in [2.05, 4.69) is 20.6 Å². The van der Waals surface area contributed by atoms with Gasteiger partial charge in [-0.3, -0.25) is 4.79 Å².